The average molecular weight is 400 g/mol. The minimum atomic E-state index is -4.31. The topological polar surface area (TPSA) is 9.23 Å². The van der Waals surface area contributed by atoms with Crippen LogP contribution < -0.4 is 4.74 Å². The fraction of sp³-hybridized carbons (Fsp3) is 0.360. The first kappa shape index (κ1) is 22.6. The Kier molecular flexibility index (Phi) is 9.37. The van der Waals surface area contributed by atoms with E-state index in [1.54, 1.807) is 24.3 Å². The molecule has 29 heavy (non-hydrogen) atoms. The van der Waals surface area contributed by atoms with Crippen molar-refractivity contribution in [2.24, 2.45) is 0 Å². The second kappa shape index (κ2) is 12.0. The van der Waals surface area contributed by atoms with Gasteiger partial charge in [-0.2, -0.15) is 13.2 Å². The van der Waals surface area contributed by atoms with Crippen LogP contribution in [0.15, 0.2) is 60.7 Å². The summed E-state index contributed by atoms with van der Waals surface area (Å²) in [4.78, 5) is 0. The molecule has 1 nitrogen and oxygen atoms in total. The molecule has 0 atom stereocenters. The predicted octanol–water partition coefficient (Wildman–Crippen LogP) is 7.10. The molecule has 0 radical (unpaired) electrons. The highest BCUT2D eigenvalue weighted by atomic mass is 19.4. The molecule has 0 aliphatic rings. The molecule has 2 aromatic carbocycles. The third kappa shape index (κ3) is 9.89. The zero-order valence-corrected chi connectivity index (χ0v) is 16.8. The Bertz CT molecular complexity index is 806. The van der Waals surface area contributed by atoms with Crippen LogP contribution in [0.1, 0.15) is 55.7 Å². The van der Waals surface area contributed by atoms with Gasteiger partial charge in [0.25, 0.3) is 0 Å². The molecule has 0 saturated heterocycles. The van der Waals surface area contributed by atoms with Gasteiger partial charge in [-0.05, 0) is 60.9 Å². The van der Waals surface area contributed by atoms with Crippen LogP contribution in [-0.2, 0) is 6.42 Å². The van der Waals surface area contributed by atoms with Gasteiger partial charge in [0, 0.05) is 17.2 Å². The summed E-state index contributed by atoms with van der Waals surface area (Å²) < 4.78 is 41.3. The Morgan fingerprint density at radius 3 is 2.00 bits per heavy atom. The summed E-state index contributed by atoms with van der Waals surface area (Å²) in [6.45, 7) is 2.10. The van der Waals surface area contributed by atoms with E-state index in [1.165, 1.54) is 37.7 Å². The van der Waals surface area contributed by atoms with Crippen LogP contribution in [0.25, 0.3) is 0 Å². The summed E-state index contributed by atoms with van der Waals surface area (Å²) in [6.07, 6.45) is 4.33. The van der Waals surface area contributed by atoms with Crippen molar-refractivity contribution >= 4 is 0 Å². The van der Waals surface area contributed by atoms with Gasteiger partial charge in [-0.25, -0.2) is 0 Å². The van der Waals surface area contributed by atoms with Crippen molar-refractivity contribution < 1.29 is 17.9 Å². The maximum absolute atomic E-state index is 12.0. The maximum atomic E-state index is 12.0. The van der Waals surface area contributed by atoms with Crippen molar-refractivity contribution in [1.29, 1.82) is 0 Å². The number of allylic oxidation sites excluding steroid dienone is 1. The Labute approximate surface area is 171 Å². The average Bonchev–Trinajstić information content (AvgIpc) is 2.70. The quantitative estimate of drug-likeness (QED) is 0.248. The van der Waals surface area contributed by atoms with Gasteiger partial charge in [0.15, 0.2) is 0 Å². The summed E-state index contributed by atoms with van der Waals surface area (Å²) in [5.74, 6) is 6.73. The number of hydrogen-bond donors (Lipinski definition) is 0. The van der Waals surface area contributed by atoms with E-state index in [0.29, 0.717) is 5.75 Å². The van der Waals surface area contributed by atoms with Gasteiger partial charge in [0.1, 0.15) is 12.4 Å². The first-order valence-electron chi connectivity index (χ1n) is 10.0. The molecule has 0 N–H and O–H groups in total. The van der Waals surface area contributed by atoms with E-state index >= 15 is 0 Å². The van der Waals surface area contributed by atoms with E-state index in [1.807, 2.05) is 12.1 Å². The summed E-state index contributed by atoms with van der Waals surface area (Å²) in [5.41, 5.74) is 3.12. The lowest BCUT2D eigenvalue weighted by atomic mass is 10.0. The Morgan fingerprint density at radius 1 is 0.828 bits per heavy atom. The molecule has 0 saturated carbocycles. The summed E-state index contributed by atoms with van der Waals surface area (Å²) in [6, 6.07) is 15.3. The fourth-order valence-electron chi connectivity index (χ4n) is 2.79. The normalized spacial score (nSPS) is 11.3. The molecule has 0 bridgehead atoms. The molecular formula is C25H27F3O. The lowest BCUT2D eigenvalue weighted by Gasteiger charge is -2.03. The number of rotatable bonds is 9. The SMILES string of the molecule is CCCCCCCc1ccc(C#Cc2ccc(OCC=CC(F)(F)F)cc2)cc1. The molecule has 0 heterocycles. The van der Waals surface area contributed by atoms with E-state index in [9.17, 15) is 13.2 Å². The van der Waals surface area contributed by atoms with Crippen molar-refractivity contribution in [1.82, 2.24) is 0 Å². The third-order valence-electron chi connectivity index (χ3n) is 4.38. The summed E-state index contributed by atoms with van der Waals surface area (Å²) in [5, 5.41) is 0. The first-order chi connectivity index (χ1) is 14.0. The smallest absolute Gasteiger partial charge is 0.409 e. The second-order valence-electron chi connectivity index (χ2n) is 6.89. The minimum Gasteiger partial charge on any atom is -0.490 e. The molecule has 0 aliphatic heterocycles. The van der Waals surface area contributed by atoms with Gasteiger partial charge in [0.05, 0.1) is 0 Å². The van der Waals surface area contributed by atoms with Crippen molar-refractivity contribution in [3.8, 4) is 17.6 Å². The van der Waals surface area contributed by atoms with Crippen molar-refractivity contribution in [2.75, 3.05) is 6.61 Å². The van der Waals surface area contributed by atoms with Crippen LogP contribution in [0.2, 0.25) is 0 Å². The van der Waals surface area contributed by atoms with E-state index in [-0.39, 0.29) is 12.7 Å². The zero-order valence-electron chi connectivity index (χ0n) is 16.8. The van der Waals surface area contributed by atoms with Gasteiger partial charge in [0.2, 0.25) is 0 Å². The largest absolute Gasteiger partial charge is 0.490 e. The summed E-state index contributed by atoms with van der Waals surface area (Å²) in [7, 11) is 0. The lowest BCUT2D eigenvalue weighted by molar-refractivity contribution is -0.0801. The molecule has 0 aromatic heterocycles. The number of aryl methyl sites for hydroxylation is 1. The standard InChI is InChI=1S/C25H27F3O/c1-2-3-4-5-6-8-21-9-11-22(12-10-21)13-14-23-15-17-24(18-16-23)29-20-7-19-25(26,27)28/h7,9-12,15-19H,2-6,8,20H2,1H3. The Hall–Kier alpha value is -2.67. The zero-order chi connectivity index (χ0) is 21.0. The monoisotopic (exact) mass is 400 g/mol. The molecule has 0 spiro atoms. The van der Waals surface area contributed by atoms with Crippen LogP contribution in [-0.4, -0.2) is 12.8 Å². The molecule has 0 unspecified atom stereocenters. The number of unbranched alkanes of at least 4 members (excludes halogenated alkanes) is 4. The summed E-state index contributed by atoms with van der Waals surface area (Å²) >= 11 is 0. The van der Waals surface area contributed by atoms with Gasteiger partial charge >= 0.3 is 6.18 Å². The highest BCUT2D eigenvalue weighted by Crippen LogP contribution is 2.16. The Balaban J connectivity index is 1.81. The molecule has 0 aliphatic carbocycles. The second-order valence-corrected chi connectivity index (χ2v) is 6.89. The number of benzene rings is 2. The maximum Gasteiger partial charge on any atom is 0.409 e. The van der Waals surface area contributed by atoms with Crippen LogP contribution >= 0.6 is 0 Å². The van der Waals surface area contributed by atoms with Crippen molar-refractivity contribution in [2.45, 2.75) is 51.6 Å². The number of hydrogen-bond acceptors (Lipinski definition) is 1. The molecular weight excluding hydrogens is 373 g/mol. The van der Waals surface area contributed by atoms with Crippen LogP contribution in [0.5, 0.6) is 5.75 Å². The molecule has 4 heteroatoms. The molecule has 154 valence electrons. The van der Waals surface area contributed by atoms with Gasteiger partial charge < -0.3 is 4.74 Å². The van der Waals surface area contributed by atoms with Gasteiger partial charge in [-0.3, -0.25) is 0 Å². The number of alkyl halides is 3. The Morgan fingerprint density at radius 2 is 1.41 bits per heavy atom. The molecule has 0 fully saturated rings. The molecule has 2 rings (SSSR count). The minimum absolute atomic E-state index is 0.129. The highest BCUT2D eigenvalue weighted by molar-refractivity contribution is 5.44. The number of halogens is 3. The van der Waals surface area contributed by atoms with E-state index in [4.69, 9.17) is 4.74 Å². The first-order valence-corrected chi connectivity index (χ1v) is 10.0. The van der Waals surface area contributed by atoms with Crippen molar-refractivity contribution in [3.05, 3.63) is 77.4 Å². The predicted molar refractivity (Wildman–Crippen MR) is 112 cm³/mol. The highest BCUT2D eigenvalue weighted by Gasteiger charge is 2.21. The van der Waals surface area contributed by atoms with Crippen LogP contribution in [0, 0.1) is 11.8 Å². The van der Waals surface area contributed by atoms with E-state index in [2.05, 4.69) is 30.9 Å². The molecule has 0 amide bonds. The van der Waals surface area contributed by atoms with Crippen LogP contribution in [0.4, 0.5) is 13.2 Å². The number of ether oxygens (including phenoxy) is 1. The van der Waals surface area contributed by atoms with E-state index < -0.39 is 6.18 Å². The van der Waals surface area contributed by atoms with Gasteiger partial charge in [-0.1, -0.05) is 56.6 Å². The van der Waals surface area contributed by atoms with E-state index in [0.717, 1.165) is 23.6 Å². The van der Waals surface area contributed by atoms with Crippen molar-refractivity contribution in [3.63, 3.8) is 0 Å². The fourth-order valence-corrected chi connectivity index (χ4v) is 2.79. The third-order valence-corrected chi connectivity index (χ3v) is 4.38. The van der Waals surface area contributed by atoms with Gasteiger partial charge in [-0.15, -0.1) is 0 Å². The van der Waals surface area contributed by atoms with Crippen LogP contribution in [0.3, 0.4) is 0 Å². The molecule has 2 aromatic rings. The lowest BCUT2D eigenvalue weighted by Crippen LogP contribution is -2.02.